The molecule has 0 radical (unpaired) electrons. The molecule has 4 rings (SSSR count). The summed E-state index contributed by atoms with van der Waals surface area (Å²) in [5.74, 6) is -0.222. The fourth-order valence-electron chi connectivity index (χ4n) is 4.32. The van der Waals surface area contributed by atoms with Crippen molar-refractivity contribution in [1.29, 1.82) is 0 Å². The van der Waals surface area contributed by atoms with Gasteiger partial charge in [0.25, 0.3) is 0 Å². The third kappa shape index (κ3) is 3.57. The number of benzene rings is 1. The zero-order chi connectivity index (χ0) is 17.4. The highest BCUT2D eigenvalue weighted by atomic mass is 32.1. The van der Waals surface area contributed by atoms with Gasteiger partial charge in [0.1, 0.15) is 5.82 Å². The zero-order valence-corrected chi connectivity index (χ0v) is 15.3. The van der Waals surface area contributed by atoms with E-state index in [1.54, 1.807) is 23.5 Å². The number of nitrogens with zero attached hydrogens (tertiary/aromatic N) is 3. The Morgan fingerprint density at radius 1 is 1.24 bits per heavy atom. The van der Waals surface area contributed by atoms with E-state index in [0.717, 1.165) is 61.8 Å². The van der Waals surface area contributed by atoms with Crippen LogP contribution in [-0.4, -0.2) is 54.3 Å². The molecule has 2 aliphatic heterocycles. The monoisotopic (exact) mass is 361 g/mol. The number of halogens is 1. The van der Waals surface area contributed by atoms with Crippen LogP contribution in [0.15, 0.2) is 29.6 Å². The number of likely N-dealkylation sites (N-methyl/N-ethyl adjacent to an activating group) is 1. The van der Waals surface area contributed by atoms with E-state index < -0.39 is 0 Å². The van der Waals surface area contributed by atoms with Crippen molar-refractivity contribution in [1.82, 2.24) is 9.88 Å². The minimum absolute atomic E-state index is 0.199. The van der Waals surface area contributed by atoms with Gasteiger partial charge in [-0.25, -0.2) is 9.37 Å². The van der Waals surface area contributed by atoms with Gasteiger partial charge in [0.2, 0.25) is 0 Å². The number of rotatable bonds is 2. The summed E-state index contributed by atoms with van der Waals surface area (Å²) in [4.78, 5) is 9.37. The molecular weight excluding hydrogens is 337 g/mol. The Hall–Kier alpha value is -1.50. The van der Waals surface area contributed by atoms with E-state index in [-0.39, 0.29) is 17.3 Å². The molecule has 1 N–H and O–H groups in total. The summed E-state index contributed by atoms with van der Waals surface area (Å²) in [5, 5.41) is 13.2. The van der Waals surface area contributed by atoms with Gasteiger partial charge < -0.3 is 14.9 Å². The fourth-order valence-corrected chi connectivity index (χ4v) is 5.21. The number of anilines is 1. The lowest BCUT2D eigenvalue weighted by atomic mass is 9.72. The van der Waals surface area contributed by atoms with E-state index in [1.807, 2.05) is 5.38 Å². The lowest BCUT2D eigenvalue weighted by Gasteiger charge is -2.48. The topological polar surface area (TPSA) is 39.6 Å². The summed E-state index contributed by atoms with van der Waals surface area (Å²) in [7, 11) is 2.10. The van der Waals surface area contributed by atoms with E-state index >= 15 is 0 Å². The molecule has 134 valence electrons. The highest BCUT2D eigenvalue weighted by Crippen LogP contribution is 2.41. The number of β-amino-alcohol motifs (C(OH)–C–C–N with tert-alkyl or cyclic N) is 1. The highest BCUT2D eigenvalue weighted by molar-refractivity contribution is 7.14. The van der Waals surface area contributed by atoms with Crippen molar-refractivity contribution in [3.05, 3.63) is 35.5 Å². The first kappa shape index (κ1) is 16.9. The maximum absolute atomic E-state index is 13.1. The van der Waals surface area contributed by atoms with Gasteiger partial charge in [0, 0.05) is 37.1 Å². The van der Waals surface area contributed by atoms with Crippen molar-refractivity contribution in [2.45, 2.75) is 25.4 Å². The maximum Gasteiger partial charge on any atom is 0.185 e. The highest BCUT2D eigenvalue weighted by Gasteiger charge is 2.40. The van der Waals surface area contributed by atoms with Crippen LogP contribution < -0.4 is 4.90 Å². The largest absolute Gasteiger partial charge is 0.392 e. The number of piperidine rings is 2. The predicted molar refractivity (Wildman–Crippen MR) is 99.5 cm³/mol. The number of hydrogen-bond donors (Lipinski definition) is 1. The zero-order valence-electron chi connectivity index (χ0n) is 14.5. The number of aliphatic hydroxyl groups is 1. The minimum Gasteiger partial charge on any atom is -0.392 e. The number of aliphatic hydroxyl groups excluding tert-OH is 1. The van der Waals surface area contributed by atoms with Crippen molar-refractivity contribution in [2.24, 2.45) is 5.41 Å². The van der Waals surface area contributed by atoms with E-state index in [0.29, 0.717) is 0 Å². The minimum atomic E-state index is -0.222. The summed E-state index contributed by atoms with van der Waals surface area (Å²) in [6.45, 7) is 3.84. The average Bonchev–Trinajstić information content (AvgIpc) is 3.05. The van der Waals surface area contributed by atoms with Crippen LogP contribution in [-0.2, 0) is 0 Å². The van der Waals surface area contributed by atoms with Crippen LogP contribution in [0.25, 0.3) is 11.3 Å². The Labute approximate surface area is 151 Å². The summed E-state index contributed by atoms with van der Waals surface area (Å²) < 4.78 is 13.1. The second-order valence-corrected chi connectivity index (χ2v) is 8.40. The molecule has 2 aliphatic rings. The van der Waals surface area contributed by atoms with Gasteiger partial charge in [0.15, 0.2) is 5.13 Å². The smallest absolute Gasteiger partial charge is 0.185 e. The molecule has 0 amide bonds. The van der Waals surface area contributed by atoms with E-state index in [4.69, 9.17) is 4.98 Å². The quantitative estimate of drug-likeness (QED) is 0.891. The molecule has 0 bridgehead atoms. The molecule has 2 fully saturated rings. The summed E-state index contributed by atoms with van der Waals surface area (Å²) in [5.41, 5.74) is 2.11. The third-order valence-electron chi connectivity index (χ3n) is 5.52. The molecule has 2 aromatic rings. The van der Waals surface area contributed by atoms with Crippen molar-refractivity contribution in [2.75, 3.05) is 38.1 Å². The van der Waals surface area contributed by atoms with Crippen molar-refractivity contribution in [3.63, 3.8) is 0 Å². The molecule has 0 aliphatic carbocycles. The van der Waals surface area contributed by atoms with Crippen molar-refractivity contribution < 1.29 is 9.50 Å². The normalized spacial score (nSPS) is 24.0. The molecule has 1 aromatic heterocycles. The number of thiazole rings is 1. The van der Waals surface area contributed by atoms with Crippen molar-refractivity contribution in [3.8, 4) is 11.3 Å². The van der Waals surface area contributed by atoms with Crippen molar-refractivity contribution >= 4 is 16.5 Å². The fraction of sp³-hybridized carbons (Fsp3) is 0.526. The van der Waals surface area contributed by atoms with Crippen LogP contribution in [0, 0.1) is 11.2 Å². The average molecular weight is 361 g/mol. The number of hydrogen-bond acceptors (Lipinski definition) is 5. The van der Waals surface area contributed by atoms with Crippen LogP contribution in [0.5, 0.6) is 0 Å². The number of likely N-dealkylation sites (tertiary alicyclic amines) is 1. The molecule has 3 heterocycles. The summed E-state index contributed by atoms with van der Waals surface area (Å²) >= 11 is 1.65. The van der Waals surface area contributed by atoms with Crippen LogP contribution >= 0.6 is 11.3 Å². The molecule has 1 atom stereocenters. The molecule has 2 saturated heterocycles. The predicted octanol–water partition coefficient (Wildman–Crippen LogP) is 3.23. The lowest BCUT2D eigenvalue weighted by Crippen LogP contribution is -2.52. The summed E-state index contributed by atoms with van der Waals surface area (Å²) in [6.07, 6.45) is 2.92. The van der Waals surface area contributed by atoms with E-state index in [9.17, 15) is 9.50 Å². The molecule has 1 unspecified atom stereocenters. The van der Waals surface area contributed by atoms with Crippen LogP contribution in [0.2, 0.25) is 0 Å². The molecule has 6 heteroatoms. The second kappa shape index (κ2) is 6.67. The first-order valence-corrected chi connectivity index (χ1v) is 9.74. The van der Waals surface area contributed by atoms with E-state index in [1.165, 1.54) is 12.1 Å². The van der Waals surface area contributed by atoms with Crippen LogP contribution in [0.4, 0.5) is 9.52 Å². The Balaban J connectivity index is 1.44. The first-order chi connectivity index (χ1) is 12.0. The molecule has 1 spiro atoms. The lowest BCUT2D eigenvalue weighted by molar-refractivity contribution is -0.0111. The Morgan fingerprint density at radius 2 is 1.96 bits per heavy atom. The van der Waals surface area contributed by atoms with Gasteiger partial charge in [0.05, 0.1) is 11.8 Å². The SMILES string of the molecule is CN1CC(O)CC2(CCN(c3nc(-c4ccc(F)cc4)cs3)CC2)C1. The van der Waals surface area contributed by atoms with Crippen LogP contribution in [0.1, 0.15) is 19.3 Å². The van der Waals surface area contributed by atoms with Gasteiger partial charge >= 0.3 is 0 Å². The van der Waals surface area contributed by atoms with Gasteiger partial charge in [-0.05, 0) is 56.0 Å². The molecule has 1 aromatic carbocycles. The maximum atomic E-state index is 13.1. The molecule has 4 nitrogen and oxygen atoms in total. The Bertz CT molecular complexity index is 713. The second-order valence-electron chi connectivity index (χ2n) is 7.56. The summed E-state index contributed by atoms with van der Waals surface area (Å²) in [6, 6.07) is 6.50. The Morgan fingerprint density at radius 3 is 2.64 bits per heavy atom. The van der Waals surface area contributed by atoms with Gasteiger partial charge in [-0.3, -0.25) is 0 Å². The molecule has 0 saturated carbocycles. The van der Waals surface area contributed by atoms with E-state index in [2.05, 4.69) is 16.8 Å². The first-order valence-electron chi connectivity index (χ1n) is 8.86. The van der Waals surface area contributed by atoms with Gasteiger partial charge in [-0.1, -0.05) is 0 Å². The Kier molecular flexibility index (Phi) is 4.52. The molecular formula is C19H24FN3OS. The third-order valence-corrected chi connectivity index (χ3v) is 6.42. The van der Waals surface area contributed by atoms with Crippen LogP contribution in [0.3, 0.4) is 0 Å². The van der Waals surface area contributed by atoms with Gasteiger partial charge in [-0.15, -0.1) is 11.3 Å². The molecule has 25 heavy (non-hydrogen) atoms. The van der Waals surface area contributed by atoms with Gasteiger partial charge in [-0.2, -0.15) is 0 Å². The standard InChI is InChI=1S/C19H24FN3OS/c1-22-11-16(24)10-19(13-22)6-8-23(9-7-19)18-21-17(12-25-18)14-2-4-15(20)5-3-14/h2-5,12,16,24H,6-11,13H2,1H3. The number of aromatic nitrogens is 1.